The van der Waals surface area contributed by atoms with Crippen LogP contribution in [0.1, 0.15) is 0 Å². The molecule has 51 heavy (non-hydrogen) atoms. The smallest absolute Gasteiger partial charge is 0.137 e. The average molecular weight is 651 g/mol. The van der Waals surface area contributed by atoms with Crippen molar-refractivity contribution >= 4 is 65.6 Å². The lowest BCUT2D eigenvalue weighted by Crippen LogP contribution is -1.96. The van der Waals surface area contributed by atoms with E-state index in [2.05, 4.69) is 185 Å². The maximum Gasteiger partial charge on any atom is 0.137 e. The third kappa shape index (κ3) is 4.25. The van der Waals surface area contributed by atoms with Crippen LogP contribution in [-0.4, -0.2) is 9.13 Å². The van der Waals surface area contributed by atoms with Crippen LogP contribution in [0.4, 0.5) is 0 Å². The summed E-state index contributed by atoms with van der Waals surface area (Å²) in [6, 6.07) is 65.5. The highest BCUT2D eigenvalue weighted by atomic mass is 16.3. The van der Waals surface area contributed by atoms with Crippen molar-refractivity contribution in [3.63, 3.8) is 0 Å². The zero-order valence-corrected chi connectivity index (χ0v) is 27.6. The maximum atomic E-state index is 6.40. The Hall–Kier alpha value is -6.84. The molecule has 0 saturated heterocycles. The number of hydrogen-bond donors (Lipinski definition) is 0. The van der Waals surface area contributed by atoms with Crippen LogP contribution in [-0.2, 0) is 0 Å². The number of aromatic nitrogens is 2. The van der Waals surface area contributed by atoms with Crippen LogP contribution in [0.5, 0.6) is 0 Å². The van der Waals surface area contributed by atoms with Crippen molar-refractivity contribution in [3.8, 4) is 33.6 Å². The summed E-state index contributed by atoms with van der Waals surface area (Å²) in [6.07, 6.45) is 0. The van der Waals surface area contributed by atoms with E-state index in [0.29, 0.717) is 0 Å². The van der Waals surface area contributed by atoms with E-state index in [1.54, 1.807) is 0 Å². The molecule has 0 N–H and O–H groups in total. The molecular formula is C48H30N2O. The van der Waals surface area contributed by atoms with Crippen molar-refractivity contribution in [1.82, 2.24) is 9.13 Å². The number of hydrogen-bond acceptors (Lipinski definition) is 1. The van der Waals surface area contributed by atoms with E-state index < -0.39 is 0 Å². The Kier molecular flexibility index (Phi) is 5.96. The standard InChI is InChI=1S/C48H30N2O/c1-3-12-31(13-4-1)33-14-11-15-34(26-33)32-22-24-36(25-23-32)49-43-20-9-7-18-37(43)39-27-40-41-28-42-38-19-8-10-21-47(38)51-48(42)30-46(41)50(45(40)29-44(39)49)35-16-5-2-6-17-35/h1-30H. The summed E-state index contributed by atoms with van der Waals surface area (Å²) in [6.45, 7) is 0. The molecule has 8 aromatic carbocycles. The van der Waals surface area contributed by atoms with Gasteiger partial charge in [0.25, 0.3) is 0 Å². The van der Waals surface area contributed by atoms with Crippen LogP contribution >= 0.6 is 0 Å². The second kappa shape index (κ2) is 10.8. The van der Waals surface area contributed by atoms with E-state index in [0.717, 1.165) is 38.8 Å². The second-order valence-electron chi connectivity index (χ2n) is 13.4. The van der Waals surface area contributed by atoms with Gasteiger partial charge in [-0.05, 0) is 82.9 Å². The number of rotatable bonds is 4. The van der Waals surface area contributed by atoms with Gasteiger partial charge in [0, 0.05) is 49.8 Å². The number of para-hydroxylation sites is 3. The normalized spacial score (nSPS) is 11.9. The minimum absolute atomic E-state index is 0.901. The minimum atomic E-state index is 0.901. The van der Waals surface area contributed by atoms with Gasteiger partial charge in [-0.15, -0.1) is 0 Å². The molecule has 0 radical (unpaired) electrons. The summed E-state index contributed by atoms with van der Waals surface area (Å²) in [5.74, 6) is 0. The van der Waals surface area contributed by atoms with E-state index in [1.807, 2.05) is 6.07 Å². The quantitative estimate of drug-likeness (QED) is 0.186. The van der Waals surface area contributed by atoms with Gasteiger partial charge in [0.1, 0.15) is 11.2 Å². The zero-order valence-electron chi connectivity index (χ0n) is 27.6. The summed E-state index contributed by atoms with van der Waals surface area (Å²) in [4.78, 5) is 0. The van der Waals surface area contributed by atoms with E-state index in [-0.39, 0.29) is 0 Å². The lowest BCUT2D eigenvalue weighted by atomic mass is 9.99. The fraction of sp³-hybridized carbons (Fsp3) is 0. The van der Waals surface area contributed by atoms with Crippen molar-refractivity contribution in [3.05, 3.63) is 182 Å². The largest absolute Gasteiger partial charge is 0.456 e. The summed E-state index contributed by atoms with van der Waals surface area (Å²) < 4.78 is 11.2. The minimum Gasteiger partial charge on any atom is -0.456 e. The molecule has 0 amide bonds. The molecular weight excluding hydrogens is 621 g/mol. The summed E-state index contributed by atoms with van der Waals surface area (Å²) in [5.41, 5.74) is 13.6. The maximum absolute atomic E-state index is 6.40. The molecule has 0 aliphatic rings. The van der Waals surface area contributed by atoms with E-state index in [4.69, 9.17) is 4.42 Å². The number of fused-ring (bicyclic) bond motifs is 9. The molecule has 0 fully saturated rings. The molecule has 3 aromatic heterocycles. The average Bonchev–Trinajstić information content (AvgIpc) is 3.83. The van der Waals surface area contributed by atoms with Gasteiger partial charge >= 0.3 is 0 Å². The van der Waals surface area contributed by atoms with E-state index in [9.17, 15) is 0 Å². The molecule has 0 aliphatic heterocycles. The Labute approximate surface area is 293 Å². The Balaban J connectivity index is 1.15. The van der Waals surface area contributed by atoms with Crippen LogP contribution < -0.4 is 0 Å². The molecule has 0 atom stereocenters. The van der Waals surface area contributed by atoms with Crippen molar-refractivity contribution in [2.75, 3.05) is 0 Å². The van der Waals surface area contributed by atoms with Crippen LogP contribution in [0.3, 0.4) is 0 Å². The van der Waals surface area contributed by atoms with Crippen LogP contribution in [0, 0.1) is 0 Å². The van der Waals surface area contributed by atoms with E-state index >= 15 is 0 Å². The molecule has 11 aromatic rings. The highest BCUT2D eigenvalue weighted by Gasteiger charge is 2.20. The molecule has 3 heterocycles. The van der Waals surface area contributed by atoms with Crippen LogP contribution in [0.25, 0.3) is 99.2 Å². The highest BCUT2D eigenvalue weighted by molar-refractivity contribution is 6.22. The fourth-order valence-corrected chi connectivity index (χ4v) is 8.14. The monoisotopic (exact) mass is 650 g/mol. The predicted molar refractivity (Wildman–Crippen MR) is 213 cm³/mol. The molecule has 0 saturated carbocycles. The Morgan fingerprint density at radius 3 is 1.57 bits per heavy atom. The van der Waals surface area contributed by atoms with E-state index in [1.165, 1.54) is 60.3 Å². The van der Waals surface area contributed by atoms with Crippen molar-refractivity contribution in [2.24, 2.45) is 0 Å². The van der Waals surface area contributed by atoms with Crippen molar-refractivity contribution in [2.45, 2.75) is 0 Å². The van der Waals surface area contributed by atoms with Gasteiger partial charge in [-0.1, -0.05) is 115 Å². The SMILES string of the molecule is c1ccc(-c2cccc(-c3ccc(-n4c5ccccc5c5cc6c7cc8c(cc7n(-c7ccccc7)c6cc54)oc4ccccc48)cc3)c2)cc1. The molecule has 0 bridgehead atoms. The van der Waals surface area contributed by atoms with Gasteiger partial charge in [-0.3, -0.25) is 0 Å². The Morgan fingerprint density at radius 1 is 0.275 bits per heavy atom. The summed E-state index contributed by atoms with van der Waals surface area (Å²) in [7, 11) is 0. The second-order valence-corrected chi connectivity index (χ2v) is 13.4. The summed E-state index contributed by atoms with van der Waals surface area (Å²) >= 11 is 0. The summed E-state index contributed by atoms with van der Waals surface area (Å²) in [5, 5.41) is 7.20. The number of benzene rings is 8. The zero-order chi connectivity index (χ0) is 33.5. The molecule has 238 valence electrons. The van der Waals surface area contributed by atoms with Gasteiger partial charge in [-0.25, -0.2) is 0 Å². The predicted octanol–water partition coefficient (Wildman–Crippen LogP) is 13.1. The lowest BCUT2D eigenvalue weighted by molar-refractivity contribution is 0.669. The van der Waals surface area contributed by atoms with Crippen molar-refractivity contribution in [1.29, 1.82) is 0 Å². The lowest BCUT2D eigenvalue weighted by Gasteiger charge is -2.11. The Morgan fingerprint density at radius 2 is 0.804 bits per heavy atom. The Bertz CT molecular complexity index is 3110. The first-order valence-electron chi connectivity index (χ1n) is 17.4. The number of furan rings is 1. The molecule has 0 aliphatic carbocycles. The first-order valence-corrected chi connectivity index (χ1v) is 17.4. The molecule has 0 spiro atoms. The van der Waals surface area contributed by atoms with Crippen LogP contribution in [0.2, 0.25) is 0 Å². The third-order valence-electron chi connectivity index (χ3n) is 10.5. The van der Waals surface area contributed by atoms with Gasteiger partial charge in [0.2, 0.25) is 0 Å². The molecule has 3 nitrogen and oxygen atoms in total. The highest BCUT2D eigenvalue weighted by Crippen LogP contribution is 2.42. The molecule has 11 rings (SSSR count). The topological polar surface area (TPSA) is 23.0 Å². The van der Waals surface area contributed by atoms with Crippen molar-refractivity contribution < 1.29 is 4.42 Å². The third-order valence-corrected chi connectivity index (χ3v) is 10.5. The fourth-order valence-electron chi connectivity index (χ4n) is 8.14. The first-order chi connectivity index (χ1) is 25.3. The number of nitrogens with zero attached hydrogens (tertiary/aromatic N) is 2. The van der Waals surface area contributed by atoms with Gasteiger partial charge in [-0.2, -0.15) is 0 Å². The molecule has 3 heteroatoms. The van der Waals surface area contributed by atoms with Gasteiger partial charge < -0.3 is 13.6 Å². The first kappa shape index (κ1) is 28.0. The molecule has 0 unspecified atom stereocenters. The van der Waals surface area contributed by atoms with Gasteiger partial charge in [0.05, 0.1) is 22.1 Å². The van der Waals surface area contributed by atoms with Gasteiger partial charge in [0.15, 0.2) is 0 Å². The van der Waals surface area contributed by atoms with Crippen LogP contribution in [0.15, 0.2) is 186 Å².